The molecule has 1 aromatic heterocycles. The third kappa shape index (κ3) is 3.55. The number of benzene rings is 1. The van der Waals surface area contributed by atoms with Crippen molar-refractivity contribution < 1.29 is 0 Å². The van der Waals surface area contributed by atoms with Crippen molar-refractivity contribution in [2.24, 2.45) is 12.8 Å². The van der Waals surface area contributed by atoms with Gasteiger partial charge in [0.05, 0.1) is 19.0 Å². The van der Waals surface area contributed by atoms with Gasteiger partial charge in [0.2, 0.25) is 0 Å². The molecule has 1 aliphatic rings. The topological polar surface area (TPSA) is 97.1 Å². The fraction of sp³-hybridized carbons (Fsp3) is 0.421. The van der Waals surface area contributed by atoms with Crippen LogP contribution in [0.4, 0.5) is 5.82 Å². The fourth-order valence-corrected chi connectivity index (χ4v) is 3.43. The molecule has 1 saturated heterocycles. The second kappa shape index (κ2) is 7.58. The molecule has 0 aliphatic carbocycles. The third-order valence-electron chi connectivity index (χ3n) is 4.88. The second-order valence-electron chi connectivity index (χ2n) is 6.72. The molecule has 136 valence electrons. The Morgan fingerprint density at radius 3 is 2.69 bits per heavy atom. The van der Waals surface area contributed by atoms with E-state index < -0.39 is 0 Å². The Hall–Kier alpha value is -2.85. The Bertz CT molecular complexity index is 954. The first-order chi connectivity index (χ1) is 12.5. The number of nitrogens with zero attached hydrogens (tertiary/aromatic N) is 4. The van der Waals surface area contributed by atoms with Gasteiger partial charge in [0.15, 0.2) is 0 Å². The molecular weight excluding hydrogens is 330 g/mol. The normalized spacial score (nSPS) is 17.1. The molecule has 3 rings (SSSR count). The van der Waals surface area contributed by atoms with E-state index in [0.717, 1.165) is 35.1 Å². The number of aromatic nitrogens is 2. The van der Waals surface area contributed by atoms with Crippen LogP contribution in [0.1, 0.15) is 24.0 Å². The number of anilines is 1. The highest BCUT2D eigenvalue weighted by molar-refractivity contribution is 5.41. The predicted octanol–water partition coefficient (Wildman–Crippen LogP) is 0.589. The van der Waals surface area contributed by atoms with Gasteiger partial charge in [0.1, 0.15) is 5.82 Å². The van der Waals surface area contributed by atoms with E-state index in [4.69, 9.17) is 11.0 Å². The van der Waals surface area contributed by atoms with Gasteiger partial charge in [-0.1, -0.05) is 24.3 Å². The lowest BCUT2D eigenvalue weighted by atomic mass is 10.0. The zero-order chi connectivity index (χ0) is 18.7. The fourth-order valence-electron chi connectivity index (χ4n) is 3.43. The summed E-state index contributed by atoms with van der Waals surface area (Å²) in [5, 5.41) is 9.05. The van der Waals surface area contributed by atoms with Crippen LogP contribution in [0.5, 0.6) is 0 Å². The molecule has 2 heterocycles. The van der Waals surface area contributed by atoms with E-state index in [1.807, 2.05) is 29.2 Å². The lowest BCUT2D eigenvalue weighted by Crippen LogP contribution is -2.47. The second-order valence-corrected chi connectivity index (χ2v) is 6.72. The van der Waals surface area contributed by atoms with Gasteiger partial charge in [0, 0.05) is 32.2 Å². The molecule has 7 heteroatoms. The van der Waals surface area contributed by atoms with Crippen molar-refractivity contribution >= 4 is 5.82 Å². The van der Waals surface area contributed by atoms with Crippen molar-refractivity contribution in [1.29, 1.82) is 5.26 Å². The summed E-state index contributed by atoms with van der Waals surface area (Å²) in [6.07, 6.45) is 2.15. The summed E-state index contributed by atoms with van der Waals surface area (Å²) in [4.78, 5) is 27.0. The molecule has 0 radical (unpaired) electrons. The van der Waals surface area contributed by atoms with Gasteiger partial charge >= 0.3 is 5.69 Å². The number of rotatable bonds is 4. The van der Waals surface area contributed by atoms with Crippen LogP contribution >= 0.6 is 0 Å². The van der Waals surface area contributed by atoms with Gasteiger partial charge in [-0.15, -0.1) is 0 Å². The average Bonchev–Trinajstić information content (AvgIpc) is 2.63. The SMILES string of the molecule is Cn1c(=O)cc(N2CCC[C@@H](N)C2)n(Cc2ccccc2CC#N)c1=O. The average molecular weight is 353 g/mol. The van der Waals surface area contributed by atoms with Crippen LogP contribution in [-0.4, -0.2) is 28.3 Å². The van der Waals surface area contributed by atoms with Crippen molar-refractivity contribution in [2.75, 3.05) is 18.0 Å². The molecule has 2 aromatic rings. The molecule has 0 amide bonds. The summed E-state index contributed by atoms with van der Waals surface area (Å²) in [6.45, 7) is 1.69. The molecule has 0 unspecified atom stereocenters. The smallest absolute Gasteiger partial charge is 0.332 e. The summed E-state index contributed by atoms with van der Waals surface area (Å²) in [6, 6.07) is 11.3. The maximum atomic E-state index is 12.8. The molecule has 1 fully saturated rings. The zero-order valence-electron chi connectivity index (χ0n) is 14.9. The van der Waals surface area contributed by atoms with Crippen molar-refractivity contribution in [3.8, 4) is 6.07 Å². The van der Waals surface area contributed by atoms with E-state index in [9.17, 15) is 9.59 Å². The number of hydrogen-bond donors (Lipinski definition) is 1. The standard InChI is InChI=1S/C19H23N5O2/c1-22-18(25)11-17(23-10-4-7-16(21)13-23)24(19(22)26)12-15-6-3-2-5-14(15)8-9-20/h2-3,5-6,11,16H,4,7-8,10,12-13,21H2,1H3/t16-/m1/s1. The van der Waals surface area contributed by atoms with Crippen molar-refractivity contribution in [3.63, 3.8) is 0 Å². The van der Waals surface area contributed by atoms with Crippen molar-refractivity contribution in [1.82, 2.24) is 9.13 Å². The summed E-state index contributed by atoms with van der Waals surface area (Å²) >= 11 is 0. The van der Waals surface area contributed by atoms with Crippen LogP contribution in [0.25, 0.3) is 0 Å². The van der Waals surface area contributed by atoms with Crippen LogP contribution in [0, 0.1) is 11.3 Å². The number of nitrogens with two attached hydrogens (primary N) is 1. The minimum Gasteiger partial charge on any atom is -0.356 e. The lowest BCUT2D eigenvalue weighted by Gasteiger charge is -2.34. The van der Waals surface area contributed by atoms with Crippen LogP contribution in [-0.2, 0) is 20.0 Å². The minimum absolute atomic E-state index is 0.0298. The highest BCUT2D eigenvalue weighted by Gasteiger charge is 2.22. The van der Waals surface area contributed by atoms with E-state index >= 15 is 0 Å². The molecule has 2 N–H and O–H groups in total. The monoisotopic (exact) mass is 353 g/mol. The highest BCUT2D eigenvalue weighted by atomic mass is 16.2. The summed E-state index contributed by atoms with van der Waals surface area (Å²) in [5.41, 5.74) is 7.18. The minimum atomic E-state index is -0.363. The zero-order valence-corrected chi connectivity index (χ0v) is 14.9. The summed E-state index contributed by atoms with van der Waals surface area (Å²) in [5.74, 6) is 0.597. The van der Waals surface area contributed by atoms with Crippen LogP contribution in [0.15, 0.2) is 39.9 Å². The number of piperidine rings is 1. The number of nitriles is 1. The first-order valence-electron chi connectivity index (χ1n) is 8.76. The van der Waals surface area contributed by atoms with Crippen LogP contribution in [0.3, 0.4) is 0 Å². The van der Waals surface area contributed by atoms with Gasteiger partial charge in [-0.05, 0) is 24.0 Å². The maximum Gasteiger partial charge on any atom is 0.332 e. The molecule has 0 spiro atoms. The Labute approximate surface area is 151 Å². The number of hydrogen-bond acceptors (Lipinski definition) is 5. The molecule has 0 bridgehead atoms. The van der Waals surface area contributed by atoms with E-state index in [-0.39, 0.29) is 23.7 Å². The van der Waals surface area contributed by atoms with Gasteiger partial charge in [0.25, 0.3) is 5.56 Å². The van der Waals surface area contributed by atoms with E-state index in [1.165, 1.54) is 13.1 Å². The molecule has 26 heavy (non-hydrogen) atoms. The highest BCUT2D eigenvalue weighted by Crippen LogP contribution is 2.19. The van der Waals surface area contributed by atoms with E-state index in [1.54, 1.807) is 4.57 Å². The van der Waals surface area contributed by atoms with Crippen LogP contribution < -0.4 is 21.9 Å². The predicted molar refractivity (Wildman–Crippen MR) is 100 cm³/mol. The third-order valence-corrected chi connectivity index (χ3v) is 4.88. The molecule has 1 atom stereocenters. The van der Waals surface area contributed by atoms with Crippen molar-refractivity contribution in [2.45, 2.75) is 31.8 Å². The molecule has 0 saturated carbocycles. The lowest BCUT2D eigenvalue weighted by molar-refractivity contribution is 0.491. The summed E-state index contributed by atoms with van der Waals surface area (Å²) < 4.78 is 2.72. The largest absolute Gasteiger partial charge is 0.356 e. The Morgan fingerprint density at radius 2 is 2.00 bits per heavy atom. The first kappa shape index (κ1) is 18.0. The molecule has 7 nitrogen and oxygen atoms in total. The molecule has 1 aliphatic heterocycles. The molecule has 1 aromatic carbocycles. The van der Waals surface area contributed by atoms with E-state index in [0.29, 0.717) is 18.9 Å². The maximum absolute atomic E-state index is 12.8. The van der Waals surface area contributed by atoms with Gasteiger partial charge < -0.3 is 10.6 Å². The van der Waals surface area contributed by atoms with Gasteiger partial charge in [-0.25, -0.2) is 4.79 Å². The first-order valence-corrected chi connectivity index (χ1v) is 8.76. The Balaban J connectivity index is 2.09. The van der Waals surface area contributed by atoms with Crippen LogP contribution in [0.2, 0.25) is 0 Å². The molecular formula is C19H23N5O2. The Kier molecular flexibility index (Phi) is 5.24. The van der Waals surface area contributed by atoms with E-state index in [2.05, 4.69) is 6.07 Å². The Morgan fingerprint density at radius 1 is 1.27 bits per heavy atom. The van der Waals surface area contributed by atoms with Crippen molar-refractivity contribution in [3.05, 3.63) is 62.3 Å². The summed E-state index contributed by atoms with van der Waals surface area (Å²) in [7, 11) is 1.48. The van der Waals surface area contributed by atoms with Gasteiger partial charge in [-0.3, -0.25) is 13.9 Å². The quantitative estimate of drug-likeness (QED) is 0.868. The van der Waals surface area contributed by atoms with Gasteiger partial charge in [-0.2, -0.15) is 5.26 Å².